The Morgan fingerprint density at radius 2 is 2.06 bits per heavy atom. The molecule has 2 N–H and O–H groups in total. The average Bonchev–Trinajstić information content (AvgIpc) is 2.71. The fourth-order valence-corrected chi connectivity index (χ4v) is 2.34. The van der Waals surface area contributed by atoms with Crippen LogP contribution in [0.15, 0.2) is 41.1 Å². The zero-order chi connectivity index (χ0) is 11.5. The van der Waals surface area contributed by atoms with Crippen molar-refractivity contribution in [3.63, 3.8) is 0 Å². The smallest absolute Gasteiger partial charge is 0.113 e. The minimum absolute atomic E-state index is 0.312. The molecule has 3 nitrogen and oxygen atoms in total. The lowest BCUT2D eigenvalue weighted by molar-refractivity contribution is 0.767. The third kappa shape index (κ3) is 2.03. The second kappa shape index (κ2) is 4.80. The number of hydrogen-bond donors (Lipinski definition) is 1. The van der Waals surface area contributed by atoms with E-state index in [4.69, 9.17) is 5.73 Å². The van der Waals surface area contributed by atoms with Gasteiger partial charge in [0.25, 0.3) is 0 Å². The molecule has 1 unspecified atom stereocenters. The first-order valence-corrected chi connectivity index (χ1v) is 6.02. The van der Waals surface area contributed by atoms with E-state index in [-0.39, 0.29) is 0 Å². The van der Waals surface area contributed by atoms with Crippen LogP contribution < -0.4 is 5.73 Å². The van der Waals surface area contributed by atoms with Crippen molar-refractivity contribution < 1.29 is 0 Å². The van der Waals surface area contributed by atoms with Crippen LogP contribution in [0.4, 0.5) is 0 Å². The van der Waals surface area contributed by atoms with Crippen molar-refractivity contribution in [1.29, 1.82) is 0 Å². The van der Waals surface area contributed by atoms with Crippen LogP contribution in [0.2, 0.25) is 0 Å². The van der Waals surface area contributed by atoms with Gasteiger partial charge in [0.2, 0.25) is 0 Å². The predicted octanol–water partition coefficient (Wildman–Crippen LogP) is 2.70. The third-order valence-corrected chi connectivity index (χ3v) is 3.42. The van der Waals surface area contributed by atoms with Gasteiger partial charge < -0.3 is 5.73 Å². The Hall–Kier alpha value is -1.13. The van der Waals surface area contributed by atoms with Gasteiger partial charge in [0.05, 0.1) is 11.9 Å². The van der Waals surface area contributed by atoms with E-state index in [9.17, 15) is 0 Å². The zero-order valence-corrected chi connectivity index (χ0v) is 10.7. The van der Waals surface area contributed by atoms with Gasteiger partial charge in [0.1, 0.15) is 4.60 Å². The predicted molar refractivity (Wildman–Crippen MR) is 68.7 cm³/mol. The van der Waals surface area contributed by atoms with Gasteiger partial charge in [-0.2, -0.15) is 5.10 Å². The topological polar surface area (TPSA) is 43.8 Å². The number of nitrogens with two attached hydrogens (primary N) is 1. The number of halogens is 1. The highest BCUT2D eigenvalue weighted by Gasteiger charge is 2.13. The first kappa shape index (κ1) is 11.4. The average molecular weight is 280 g/mol. The maximum absolute atomic E-state index is 5.66. The first-order chi connectivity index (χ1) is 7.74. The van der Waals surface area contributed by atoms with Crippen LogP contribution in [0.25, 0.3) is 5.69 Å². The highest BCUT2D eigenvalue weighted by atomic mass is 79.9. The Morgan fingerprint density at radius 3 is 2.69 bits per heavy atom. The Labute approximate surface area is 103 Å². The summed E-state index contributed by atoms with van der Waals surface area (Å²) in [6, 6.07) is 10.0. The van der Waals surface area contributed by atoms with E-state index in [2.05, 4.69) is 28.0 Å². The van der Waals surface area contributed by atoms with Crippen molar-refractivity contribution in [2.45, 2.75) is 12.8 Å². The molecular formula is C12H14BrN3. The van der Waals surface area contributed by atoms with E-state index < -0.39 is 0 Å². The SMILES string of the molecule is CC(CN)c1cnn(-c2ccccc2)c1Br. The third-order valence-electron chi connectivity index (χ3n) is 2.62. The monoisotopic (exact) mass is 279 g/mol. The molecule has 1 atom stereocenters. The molecule has 1 aromatic heterocycles. The lowest BCUT2D eigenvalue weighted by Gasteiger charge is -2.07. The summed E-state index contributed by atoms with van der Waals surface area (Å²) in [6.07, 6.45) is 1.87. The Kier molecular flexibility index (Phi) is 3.41. The van der Waals surface area contributed by atoms with Gasteiger partial charge >= 0.3 is 0 Å². The Balaban J connectivity index is 2.41. The number of rotatable bonds is 3. The summed E-state index contributed by atoms with van der Waals surface area (Å²) >= 11 is 3.57. The van der Waals surface area contributed by atoms with Gasteiger partial charge in [-0.15, -0.1) is 0 Å². The maximum atomic E-state index is 5.66. The van der Waals surface area contributed by atoms with Gasteiger partial charge in [-0.1, -0.05) is 25.1 Å². The maximum Gasteiger partial charge on any atom is 0.113 e. The summed E-state index contributed by atoms with van der Waals surface area (Å²) in [5.74, 6) is 0.312. The molecule has 2 aromatic rings. The van der Waals surface area contributed by atoms with Crippen molar-refractivity contribution in [2.75, 3.05) is 6.54 Å². The highest BCUT2D eigenvalue weighted by molar-refractivity contribution is 9.10. The molecule has 0 amide bonds. The van der Waals surface area contributed by atoms with Crippen LogP contribution in [0.3, 0.4) is 0 Å². The molecule has 0 aliphatic heterocycles. The van der Waals surface area contributed by atoms with Gasteiger partial charge in [-0.05, 0) is 40.5 Å². The molecule has 1 heterocycles. The second-order valence-electron chi connectivity index (χ2n) is 3.77. The van der Waals surface area contributed by atoms with E-state index in [1.807, 2.05) is 41.2 Å². The molecule has 0 saturated carbocycles. The summed E-state index contributed by atoms with van der Waals surface area (Å²) in [7, 11) is 0. The molecule has 0 spiro atoms. The van der Waals surface area contributed by atoms with E-state index >= 15 is 0 Å². The molecule has 1 aromatic carbocycles. The summed E-state index contributed by atoms with van der Waals surface area (Å²) in [5, 5.41) is 4.37. The van der Waals surface area contributed by atoms with E-state index in [1.165, 1.54) is 0 Å². The number of hydrogen-bond acceptors (Lipinski definition) is 2. The molecule has 2 rings (SSSR count). The van der Waals surface area contributed by atoms with Gasteiger partial charge in [0, 0.05) is 5.56 Å². The van der Waals surface area contributed by atoms with Crippen molar-refractivity contribution in [3.8, 4) is 5.69 Å². The number of nitrogens with zero attached hydrogens (tertiary/aromatic N) is 2. The second-order valence-corrected chi connectivity index (χ2v) is 4.53. The minimum Gasteiger partial charge on any atom is -0.330 e. The van der Waals surface area contributed by atoms with Gasteiger partial charge in [-0.25, -0.2) is 4.68 Å². The fourth-order valence-electron chi connectivity index (χ4n) is 1.55. The number of benzene rings is 1. The summed E-state index contributed by atoms with van der Waals surface area (Å²) in [6.45, 7) is 2.72. The van der Waals surface area contributed by atoms with Crippen molar-refractivity contribution >= 4 is 15.9 Å². The lowest BCUT2D eigenvalue weighted by atomic mass is 10.1. The highest BCUT2D eigenvalue weighted by Crippen LogP contribution is 2.26. The minimum atomic E-state index is 0.312. The molecular weight excluding hydrogens is 266 g/mol. The van der Waals surface area contributed by atoms with Crippen LogP contribution in [-0.2, 0) is 0 Å². The van der Waals surface area contributed by atoms with Crippen LogP contribution in [0.5, 0.6) is 0 Å². The van der Waals surface area contributed by atoms with Crippen LogP contribution in [0, 0.1) is 0 Å². The quantitative estimate of drug-likeness (QED) is 0.939. The lowest BCUT2D eigenvalue weighted by Crippen LogP contribution is -2.08. The molecule has 0 saturated heterocycles. The van der Waals surface area contributed by atoms with Crippen LogP contribution >= 0.6 is 15.9 Å². The molecule has 84 valence electrons. The van der Waals surface area contributed by atoms with E-state index in [0.717, 1.165) is 15.9 Å². The largest absolute Gasteiger partial charge is 0.330 e. The summed E-state index contributed by atoms with van der Waals surface area (Å²) in [5.41, 5.74) is 7.85. The van der Waals surface area contributed by atoms with Gasteiger partial charge in [-0.3, -0.25) is 0 Å². The number of para-hydroxylation sites is 1. The molecule has 0 radical (unpaired) electrons. The fraction of sp³-hybridized carbons (Fsp3) is 0.250. The van der Waals surface area contributed by atoms with Crippen molar-refractivity contribution in [2.24, 2.45) is 5.73 Å². The molecule has 0 bridgehead atoms. The van der Waals surface area contributed by atoms with E-state index in [0.29, 0.717) is 12.5 Å². The molecule has 0 aliphatic rings. The first-order valence-electron chi connectivity index (χ1n) is 5.23. The van der Waals surface area contributed by atoms with Crippen LogP contribution in [-0.4, -0.2) is 16.3 Å². The molecule has 16 heavy (non-hydrogen) atoms. The van der Waals surface area contributed by atoms with Crippen LogP contribution in [0.1, 0.15) is 18.4 Å². The Morgan fingerprint density at radius 1 is 1.38 bits per heavy atom. The number of aromatic nitrogens is 2. The molecule has 0 fully saturated rings. The molecule has 4 heteroatoms. The summed E-state index contributed by atoms with van der Waals surface area (Å²) in [4.78, 5) is 0. The standard InChI is InChI=1S/C12H14BrN3/c1-9(7-14)11-8-15-16(12(11)13)10-5-3-2-4-6-10/h2-6,8-9H,7,14H2,1H3. The summed E-state index contributed by atoms with van der Waals surface area (Å²) < 4.78 is 2.86. The Bertz CT molecular complexity index is 464. The normalized spacial score (nSPS) is 12.7. The van der Waals surface area contributed by atoms with E-state index in [1.54, 1.807) is 0 Å². The molecule has 0 aliphatic carbocycles. The van der Waals surface area contributed by atoms with Crippen molar-refractivity contribution in [1.82, 2.24) is 9.78 Å². The van der Waals surface area contributed by atoms with Gasteiger partial charge in [0.15, 0.2) is 0 Å². The van der Waals surface area contributed by atoms with Crippen molar-refractivity contribution in [3.05, 3.63) is 46.7 Å². The zero-order valence-electron chi connectivity index (χ0n) is 9.10.